The number of benzene rings is 2. The van der Waals surface area contributed by atoms with Gasteiger partial charge in [0.25, 0.3) is 5.91 Å². The van der Waals surface area contributed by atoms with Crippen molar-refractivity contribution in [1.29, 1.82) is 0 Å². The van der Waals surface area contributed by atoms with Crippen molar-refractivity contribution in [3.63, 3.8) is 0 Å². The number of anilines is 1. The second-order valence-corrected chi connectivity index (χ2v) is 8.68. The fourth-order valence-corrected chi connectivity index (χ4v) is 4.02. The van der Waals surface area contributed by atoms with Crippen molar-refractivity contribution in [3.05, 3.63) is 76.5 Å². The van der Waals surface area contributed by atoms with Crippen LogP contribution in [0.2, 0.25) is 0 Å². The molecule has 2 aliphatic rings. The molecule has 154 valence electrons. The van der Waals surface area contributed by atoms with E-state index in [4.69, 9.17) is 0 Å². The highest BCUT2D eigenvalue weighted by Gasteiger charge is 2.34. The minimum Gasteiger partial charge on any atom is -0.366 e. The lowest BCUT2D eigenvalue weighted by molar-refractivity contribution is -0.123. The Morgan fingerprint density at radius 3 is 2.43 bits per heavy atom. The van der Waals surface area contributed by atoms with Crippen LogP contribution in [-0.2, 0) is 11.3 Å². The van der Waals surface area contributed by atoms with E-state index in [-0.39, 0.29) is 24.0 Å². The molecule has 5 heteroatoms. The molecule has 0 aliphatic carbocycles. The van der Waals surface area contributed by atoms with Crippen LogP contribution in [-0.4, -0.2) is 29.4 Å². The van der Waals surface area contributed by atoms with Gasteiger partial charge in [-0.1, -0.05) is 42.0 Å². The first-order valence-corrected chi connectivity index (χ1v) is 10.1. The Kier molecular flexibility index (Phi) is 4.77. The van der Waals surface area contributed by atoms with E-state index in [9.17, 15) is 9.59 Å². The van der Waals surface area contributed by atoms with E-state index in [0.717, 1.165) is 27.9 Å². The lowest BCUT2D eigenvalue weighted by Crippen LogP contribution is -2.42. The number of rotatable bonds is 3. The van der Waals surface area contributed by atoms with Crippen LogP contribution in [0, 0.1) is 6.92 Å². The number of amides is 3. The Bertz CT molecular complexity index is 1090. The molecule has 0 aromatic heterocycles. The van der Waals surface area contributed by atoms with Crippen LogP contribution in [0.4, 0.5) is 10.5 Å². The van der Waals surface area contributed by atoms with Gasteiger partial charge < -0.3 is 10.2 Å². The summed E-state index contributed by atoms with van der Waals surface area (Å²) in [5.74, 6) is -0.302. The lowest BCUT2D eigenvalue weighted by atomic mass is 9.88. The van der Waals surface area contributed by atoms with Crippen molar-refractivity contribution in [2.45, 2.75) is 39.8 Å². The third kappa shape index (κ3) is 3.52. The molecule has 0 spiro atoms. The molecule has 0 atom stereocenters. The smallest absolute Gasteiger partial charge is 0.329 e. The first-order valence-electron chi connectivity index (χ1n) is 10.1. The molecule has 1 N–H and O–H groups in total. The molecule has 3 amide bonds. The maximum atomic E-state index is 12.8. The highest BCUT2D eigenvalue weighted by molar-refractivity contribution is 6.14. The molecule has 1 fully saturated rings. The van der Waals surface area contributed by atoms with Crippen molar-refractivity contribution in [2.24, 2.45) is 0 Å². The first kappa shape index (κ1) is 20.0. The summed E-state index contributed by atoms with van der Waals surface area (Å²) in [5, 5.41) is 2.72. The number of carbonyl (C=O) groups is 2. The van der Waals surface area contributed by atoms with Crippen molar-refractivity contribution < 1.29 is 9.59 Å². The molecule has 1 saturated heterocycles. The van der Waals surface area contributed by atoms with Gasteiger partial charge in [-0.05, 0) is 62.6 Å². The standard InChI is InChI=1S/C25H27N3O2/c1-16-6-8-18(9-7-16)15-28-23(29)21(26-24(28)30)13-19-10-11-22-20(12-19)17(2)14-25(3,4)27(22)5/h6-14H,15H2,1-5H3,(H,26,30)/b21-13+. The zero-order valence-corrected chi connectivity index (χ0v) is 18.1. The predicted molar refractivity (Wildman–Crippen MR) is 121 cm³/mol. The number of nitrogens with one attached hydrogen (secondary N) is 1. The van der Waals surface area contributed by atoms with Gasteiger partial charge in [0.1, 0.15) is 5.70 Å². The summed E-state index contributed by atoms with van der Waals surface area (Å²) in [5.41, 5.74) is 6.70. The largest absolute Gasteiger partial charge is 0.366 e. The number of aryl methyl sites for hydroxylation is 1. The molecule has 30 heavy (non-hydrogen) atoms. The Morgan fingerprint density at radius 2 is 1.73 bits per heavy atom. The summed E-state index contributed by atoms with van der Waals surface area (Å²) < 4.78 is 0. The average molecular weight is 402 g/mol. The van der Waals surface area contributed by atoms with Gasteiger partial charge in [0.2, 0.25) is 0 Å². The second-order valence-electron chi connectivity index (χ2n) is 8.68. The van der Waals surface area contributed by atoms with E-state index in [1.54, 1.807) is 6.08 Å². The van der Waals surface area contributed by atoms with E-state index < -0.39 is 0 Å². The fourth-order valence-electron chi connectivity index (χ4n) is 4.02. The summed E-state index contributed by atoms with van der Waals surface area (Å²) in [6.07, 6.45) is 4.00. The molecule has 2 aromatic rings. The molecule has 2 heterocycles. The van der Waals surface area contributed by atoms with Gasteiger partial charge in [-0.2, -0.15) is 0 Å². The minimum absolute atomic E-state index is 0.0526. The topological polar surface area (TPSA) is 52.7 Å². The zero-order valence-electron chi connectivity index (χ0n) is 18.1. The number of hydrogen-bond acceptors (Lipinski definition) is 3. The molecular weight excluding hydrogens is 374 g/mol. The number of fused-ring (bicyclic) bond motifs is 1. The lowest BCUT2D eigenvalue weighted by Gasteiger charge is -2.40. The number of carbonyl (C=O) groups excluding carboxylic acids is 2. The Labute approximate surface area is 177 Å². The van der Waals surface area contributed by atoms with Gasteiger partial charge in [-0.25, -0.2) is 4.79 Å². The van der Waals surface area contributed by atoms with Crippen LogP contribution in [0.3, 0.4) is 0 Å². The number of hydrogen-bond donors (Lipinski definition) is 1. The molecule has 4 rings (SSSR count). The summed E-state index contributed by atoms with van der Waals surface area (Å²) in [4.78, 5) is 28.7. The minimum atomic E-state index is -0.387. The number of imide groups is 1. The Hall–Kier alpha value is -3.34. The fraction of sp³-hybridized carbons (Fsp3) is 0.280. The van der Waals surface area contributed by atoms with Crippen LogP contribution in [0.15, 0.2) is 54.2 Å². The van der Waals surface area contributed by atoms with Crippen LogP contribution in [0.25, 0.3) is 11.6 Å². The normalized spacial score (nSPS) is 19.1. The molecule has 0 unspecified atom stereocenters. The van der Waals surface area contributed by atoms with Gasteiger partial charge >= 0.3 is 6.03 Å². The van der Waals surface area contributed by atoms with E-state index >= 15 is 0 Å². The second kappa shape index (κ2) is 7.17. The Morgan fingerprint density at radius 1 is 1.03 bits per heavy atom. The van der Waals surface area contributed by atoms with E-state index in [1.165, 1.54) is 10.5 Å². The van der Waals surface area contributed by atoms with Crippen LogP contribution < -0.4 is 10.2 Å². The van der Waals surface area contributed by atoms with Gasteiger partial charge in [0.05, 0.1) is 12.1 Å². The summed E-state index contributed by atoms with van der Waals surface area (Å²) in [6.45, 7) is 8.74. The highest BCUT2D eigenvalue weighted by atomic mass is 16.2. The number of urea groups is 1. The maximum absolute atomic E-state index is 12.8. The van der Waals surface area contributed by atoms with Crippen molar-refractivity contribution in [2.75, 3.05) is 11.9 Å². The van der Waals surface area contributed by atoms with E-state index in [0.29, 0.717) is 5.70 Å². The van der Waals surface area contributed by atoms with Gasteiger partial charge in [-0.15, -0.1) is 0 Å². The van der Waals surface area contributed by atoms with E-state index in [2.05, 4.69) is 56.2 Å². The third-order valence-corrected chi connectivity index (χ3v) is 5.98. The summed E-state index contributed by atoms with van der Waals surface area (Å²) >= 11 is 0. The average Bonchev–Trinajstić information content (AvgIpc) is 2.95. The van der Waals surface area contributed by atoms with Crippen molar-refractivity contribution in [3.8, 4) is 0 Å². The number of likely N-dealkylation sites (N-methyl/N-ethyl adjacent to an activating group) is 1. The zero-order chi connectivity index (χ0) is 21.6. The third-order valence-electron chi connectivity index (χ3n) is 5.98. The molecular formula is C25H27N3O2. The van der Waals surface area contributed by atoms with Gasteiger partial charge in [-0.3, -0.25) is 9.69 Å². The molecule has 2 aliphatic heterocycles. The molecule has 2 aromatic carbocycles. The van der Waals surface area contributed by atoms with Crippen LogP contribution in [0.1, 0.15) is 43.0 Å². The number of nitrogens with zero attached hydrogens (tertiary/aromatic N) is 2. The van der Waals surface area contributed by atoms with Crippen LogP contribution in [0.5, 0.6) is 0 Å². The van der Waals surface area contributed by atoms with Crippen molar-refractivity contribution >= 4 is 29.3 Å². The summed E-state index contributed by atoms with van der Waals surface area (Å²) in [7, 11) is 2.09. The van der Waals surface area contributed by atoms with Crippen molar-refractivity contribution in [1.82, 2.24) is 10.2 Å². The number of allylic oxidation sites excluding steroid dienone is 1. The highest BCUT2D eigenvalue weighted by Crippen LogP contribution is 2.38. The molecule has 0 saturated carbocycles. The van der Waals surface area contributed by atoms with E-state index in [1.807, 2.05) is 37.3 Å². The first-order chi connectivity index (χ1) is 14.2. The SMILES string of the molecule is CC1=CC(C)(C)N(C)c2ccc(/C=C3/NC(=O)N(Cc4ccc(C)cc4)C3=O)cc21. The van der Waals surface area contributed by atoms with Crippen LogP contribution >= 0.6 is 0 Å². The quantitative estimate of drug-likeness (QED) is 0.598. The monoisotopic (exact) mass is 401 g/mol. The molecule has 0 bridgehead atoms. The van der Waals surface area contributed by atoms with Gasteiger partial charge in [0, 0.05) is 18.3 Å². The summed E-state index contributed by atoms with van der Waals surface area (Å²) in [6, 6.07) is 13.6. The maximum Gasteiger partial charge on any atom is 0.329 e. The van der Waals surface area contributed by atoms with Gasteiger partial charge in [0.15, 0.2) is 0 Å². The Balaban J connectivity index is 1.60. The molecule has 0 radical (unpaired) electrons. The molecule has 5 nitrogen and oxygen atoms in total. The predicted octanol–water partition coefficient (Wildman–Crippen LogP) is 4.72.